The van der Waals surface area contributed by atoms with E-state index in [2.05, 4.69) is 36.1 Å². The van der Waals surface area contributed by atoms with Gasteiger partial charge in [-0.05, 0) is 24.5 Å². The predicted molar refractivity (Wildman–Crippen MR) is 70.1 cm³/mol. The van der Waals surface area contributed by atoms with E-state index in [0.29, 0.717) is 18.1 Å². The van der Waals surface area contributed by atoms with Gasteiger partial charge in [-0.25, -0.2) is 0 Å². The van der Waals surface area contributed by atoms with Gasteiger partial charge in [0.2, 0.25) is 5.89 Å². The zero-order chi connectivity index (χ0) is 13.0. The first-order chi connectivity index (χ1) is 8.70. The van der Waals surface area contributed by atoms with Crippen LogP contribution in [0.4, 0.5) is 0 Å². The number of aryl methyl sites for hydroxylation is 1. The maximum Gasteiger partial charge on any atom is 0.243 e. The van der Waals surface area contributed by atoms with Gasteiger partial charge in [-0.15, -0.1) is 0 Å². The van der Waals surface area contributed by atoms with E-state index in [1.54, 1.807) is 0 Å². The number of nitrogens with zero attached hydrogens (tertiary/aromatic N) is 2. The van der Waals surface area contributed by atoms with Gasteiger partial charge in [0, 0.05) is 6.42 Å². The lowest BCUT2D eigenvalue weighted by Crippen LogP contribution is -2.10. The van der Waals surface area contributed by atoms with Crippen molar-refractivity contribution in [1.82, 2.24) is 10.1 Å². The van der Waals surface area contributed by atoms with E-state index in [1.807, 2.05) is 12.1 Å². The molecule has 1 heterocycles. The van der Waals surface area contributed by atoms with Gasteiger partial charge in [-0.2, -0.15) is 4.98 Å². The largest absolute Gasteiger partial charge is 0.338 e. The molecule has 0 radical (unpaired) electrons. The third-order valence-electron chi connectivity index (χ3n) is 3.01. The molecular weight excluding hydrogens is 226 g/mol. The molecule has 0 aliphatic heterocycles. The van der Waals surface area contributed by atoms with Crippen LogP contribution in [0.15, 0.2) is 28.8 Å². The number of aromatic nitrogens is 2. The van der Waals surface area contributed by atoms with Crippen LogP contribution in [-0.2, 0) is 6.42 Å². The first-order valence-electron chi connectivity index (χ1n) is 6.33. The van der Waals surface area contributed by atoms with Crippen molar-refractivity contribution in [3.63, 3.8) is 0 Å². The van der Waals surface area contributed by atoms with E-state index in [1.165, 1.54) is 11.1 Å². The van der Waals surface area contributed by atoms with Crippen LogP contribution in [0.3, 0.4) is 0 Å². The molecule has 2 rings (SSSR count). The highest BCUT2D eigenvalue weighted by molar-refractivity contribution is 5.27. The maximum atomic E-state index is 5.95. The van der Waals surface area contributed by atoms with Crippen molar-refractivity contribution in [2.75, 3.05) is 0 Å². The normalized spacial score (nSPS) is 12.6. The van der Waals surface area contributed by atoms with Crippen LogP contribution in [0.2, 0.25) is 0 Å². The van der Waals surface area contributed by atoms with Crippen molar-refractivity contribution in [3.05, 3.63) is 47.1 Å². The van der Waals surface area contributed by atoms with Gasteiger partial charge in [0.15, 0.2) is 5.82 Å². The summed E-state index contributed by atoms with van der Waals surface area (Å²) < 4.78 is 5.20. The summed E-state index contributed by atoms with van der Waals surface area (Å²) in [6, 6.07) is 8.06. The molecule has 0 saturated carbocycles. The van der Waals surface area contributed by atoms with Crippen molar-refractivity contribution in [1.29, 1.82) is 0 Å². The number of rotatable bonds is 5. The van der Waals surface area contributed by atoms with Gasteiger partial charge < -0.3 is 10.3 Å². The molecule has 1 aromatic heterocycles. The van der Waals surface area contributed by atoms with E-state index in [-0.39, 0.29) is 6.04 Å². The van der Waals surface area contributed by atoms with E-state index in [4.69, 9.17) is 10.3 Å². The molecule has 0 aliphatic rings. The van der Waals surface area contributed by atoms with E-state index in [0.717, 1.165) is 12.8 Å². The van der Waals surface area contributed by atoms with E-state index >= 15 is 0 Å². The predicted octanol–water partition coefficient (Wildman–Crippen LogP) is 2.77. The first-order valence-corrected chi connectivity index (χ1v) is 6.33. The molecule has 0 bridgehead atoms. The molecule has 1 aromatic carbocycles. The third kappa shape index (κ3) is 2.96. The summed E-state index contributed by atoms with van der Waals surface area (Å²) >= 11 is 0. The van der Waals surface area contributed by atoms with Crippen molar-refractivity contribution < 1.29 is 4.52 Å². The Hall–Kier alpha value is -1.68. The average Bonchev–Trinajstić information content (AvgIpc) is 2.81. The zero-order valence-corrected chi connectivity index (χ0v) is 10.9. The van der Waals surface area contributed by atoms with Crippen molar-refractivity contribution >= 4 is 0 Å². The fraction of sp³-hybridized carbons (Fsp3) is 0.429. The number of hydrogen-bond donors (Lipinski definition) is 1. The van der Waals surface area contributed by atoms with Crippen LogP contribution >= 0.6 is 0 Å². The monoisotopic (exact) mass is 245 g/mol. The molecule has 0 amide bonds. The second-order valence-corrected chi connectivity index (χ2v) is 4.55. The second-order valence-electron chi connectivity index (χ2n) is 4.55. The van der Waals surface area contributed by atoms with Gasteiger partial charge in [0.25, 0.3) is 0 Å². The summed E-state index contributed by atoms with van der Waals surface area (Å²) in [7, 11) is 0. The van der Waals surface area contributed by atoms with Crippen molar-refractivity contribution in [3.8, 4) is 0 Å². The molecule has 0 fully saturated rings. The SMILES string of the molecule is CCC[C@@H](N)c1nc(Cc2ccccc2C)no1. The fourth-order valence-electron chi connectivity index (χ4n) is 1.90. The average molecular weight is 245 g/mol. The standard InChI is InChI=1S/C14H19N3O/c1-3-6-12(15)14-16-13(17-18-14)9-11-8-5-4-7-10(11)2/h4-5,7-8,12H,3,6,9,15H2,1-2H3/t12-/m1/s1. The molecule has 2 N–H and O–H groups in total. The quantitative estimate of drug-likeness (QED) is 0.879. The van der Waals surface area contributed by atoms with Gasteiger partial charge in [-0.1, -0.05) is 42.8 Å². The minimum absolute atomic E-state index is 0.145. The number of hydrogen-bond acceptors (Lipinski definition) is 4. The lowest BCUT2D eigenvalue weighted by molar-refractivity contribution is 0.345. The summed E-state index contributed by atoms with van der Waals surface area (Å²) in [6.07, 6.45) is 2.57. The Morgan fingerprint density at radius 3 is 2.83 bits per heavy atom. The molecule has 4 nitrogen and oxygen atoms in total. The van der Waals surface area contributed by atoms with Crippen molar-refractivity contribution in [2.45, 2.75) is 39.2 Å². The minimum Gasteiger partial charge on any atom is -0.338 e. The molecule has 0 saturated heterocycles. The molecule has 0 spiro atoms. The molecule has 0 unspecified atom stereocenters. The maximum absolute atomic E-state index is 5.95. The highest BCUT2D eigenvalue weighted by Gasteiger charge is 2.14. The Morgan fingerprint density at radius 1 is 1.33 bits per heavy atom. The van der Waals surface area contributed by atoms with Gasteiger partial charge in [0.05, 0.1) is 6.04 Å². The van der Waals surface area contributed by atoms with Crippen LogP contribution in [0.5, 0.6) is 0 Å². The van der Waals surface area contributed by atoms with Crippen LogP contribution in [-0.4, -0.2) is 10.1 Å². The molecule has 1 atom stereocenters. The van der Waals surface area contributed by atoms with Gasteiger partial charge in [-0.3, -0.25) is 0 Å². The lowest BCUT2D eigenvalue weighted by atomic mass is 10.1. The Bertz CT molecular complexity index is 507. The van der Waals surface area contributed by atoms with Gasteiger partial charge >= 0.3 is 0 Å². The molecule has 0 aliphatic carbocycles. The topological polar surface area (TPSA) is 64.9 Å². The van der Waals surface area contributed by atoms with Crippen molar-refractivity contribution in [2.24, 2.45) is 5.73 Å². The van der Waals surface area contributed by atoms with Crippen LogP contribution in [0.25, 0.3) is 0 Å². The molecular formula is C14H19N3O. The third-order valence-corrected chi connectivity index (χ3v) is 3.01. The summed E-state index contributed by atoms with van der Waals surface area (Å²) in [5, 5.41) is 3.99. The summed E-state index contributed by atoms with van der Waals surface area (Å²) in [5.74, 6) is 1.24. The first kappa shape index (κ1) is 12.8. The summed E-state index contributed by atoms with van der Waals surface area (Å²) in [5.41, 5.74) is 8.40. The van der Waals surface area contributed by atoms with Crippen LogP contribution in [0.1, 0.15) is 48.6 Å². The van der Waals surface area contributed by atoms with Gasteiger partial charge in [0.1, 0.15) is 0 Å². The minimum atomic E-state index is -0.145. The van der Waals surface area contributed by atoms with Crippen LogP contribution in [0, 0.1) is 6.92 Å². The Balaban J connectivity index is 2.09. The molecule has 18 heavy (non-hydrogen) atoms. The fourth-order valence-corrected chi connectivity index (χ4v) is 1.90. The number of nitrogens with two attached hydrogens (primary N) is 1. The highest BCUT2D eigenvalue weighted by Crippen LogP contribution is 2.16. The Kier molecular flexibility index (Phi) is 4.10. The Morgan fingerprint density at radius 2 is 2.11 bits per heavy atom. The Labute approximate surface area is 107 Å². The van der Waals surface area contributed by atoms with Crippen LogP contribution < -0.4 is 5.73 Å². The zero-order valence-electron chi connectivity index (χ0n) is 10.9. The lowest BCUT2D eigenvalue weighted by Gasteiger charge is -2.02. The van der Waals surface area contributed by atoms with E-state index < -0.39 is 0 Å². The smallest absolute Gasteiger partial charge is 0.243 e. The molecule has 96 valence electrons. The van der Waals surface area contributed by atoms with E-state index in [9.17, 15) is 0 Å². The summed E-state index contributed by atoms with van der Waals surface area (Å²) in [4.78, 5) is 4.36. The number of benzene rings is 1. The second kappa shape index (κ2) is 5.78. The molecule has 4 heteroatoms. The summed E-state index contributed by atoms with van der Waals surface area (Å²) in [6.45, 7) is 4.17. The molecule has 2 aromatic rings. The highest BCUT2D eigenvalue weighted by atomic mass is 16.5.